The van der Waals surface area contributed by atoms with Crippen molar-refractivity contribution in [1.29, 1.82) is 0 Å². The van der Waals surface area contributed by atoms with Crippen LogP contribution in [-0.2, 0) is 21.7 Å². The van der Waals surface area contributed by atoms with E-state index in [1.807, 2.05) is 0 Å². The summed E-state index contributed by atoms with van der Waals surface area (Å²) in [4.78, 5) is 1.73. The van der Waals surface area contributed by atoms with Crippen molar-refractivity contribution in [2.75, 3.05) is 0 Å². The second kappa shape index (κ2) is 17.6. The van der Waals surface area contributed by atoms with Gasteiger partial charge in [-0.25, -0.2) is 0 Å². The third-order valence-corrected chi connectivity index (χ3v) is 18.6. The minimum atomic E-state index is -0.501. The molecule has 0 radical (unpaired) electrons. The van der Waals surface area contributed by atoms with Crippen molar-refractivity contribution in [3.05, 3.63) is 263 Å². The van der Waals surface area contributed by atoms with Gasteiger partial charge in [-0.2, -0.15) is 0 Å². The Morgan fingerprint density at radius 1 is 0.211 bits per heavy atom. The molecule has 0 aliphatic carbocycles. The minimum absolute atomic E-state index is 0.457. The predicted octanol–water partition coefficient (Wildman–Crippen LogP) is 20.8. The Balaban J connectivity index is 1.30. The van der Waals surface area contributed by atoms with Crippen LogP contribution in [0.4, 0.5) is 0 Å². The van der Waals surface area contributed by atoms with Gasteiger partial charge in [0.1, 0.15) is 0 Å². The van der Waals surface area contributed by atoms with Gasteiger partial charge in [-0.15, -0.1) is 25.3 Å². The maximum Gasteiger partial charge on any atom is 0.0180 e. The summed E-state index contributed by atoms with van der Waals surface area (Å²) < 4.78 is 0. The molecule has 0 saturated carbocycles. The number of rotatable bonds is 8. The quantitative estimate of drug-likeness (QED) is 0.110. The van der Waals surface area contributed by atoms with Crippen molar-refractivity contribution >= 4 is 111 Å². The first-order chi connectivity index (χ1) is 36.6. The zero-order valence-electron chi connectivity index (χ0n) is 44.7. The van der Waals surface area contributed by atoms with E-state index in [4.69, 9.17) is 25.3 Å². The first kappa shape index (κ1) is 48.3. The van der Waals surface area contributed by atoms with E-state index in [1.54, 1.807) is 0 Å². The molecule has 0 nitrogen and oxygen atoms in total. The van der Waals surface area contributed by atoms with E-state index in [1.165, 1.54) is 131 Å². The summed E-state index contributed by atoms with van der Waals surface area (Å²) in [6.45, 7) is 19.7. The lowest BCUT2D eigenvalue weighted by Gasteiger charge is -2.38. The third kappa shape index (κ3) is 7.20. The lowest BCUT2D eigenvalue weighted by molar-refractivity contribution is 0.648. The smallest absolute Gasteiger partial charge is 0.0180 e. The van der Waals surface area contributed by atoms with E-state index in [0.717, 1.165) is 9.79 Å². The van der Waals surface area contributed by atoms with Crippen LogP contribution in [0.15, 0.2) is 228 Å². The van der Waals surface area contributed by atoms with Gasteiger partial charge in [0, 0.05) is 31.5 Å². The fourth-order valence-corrected chi connectivity index (χ4v) is 14.6. The summed E-state index contributed by atoms with van der Waals surface area (Å²) in [5, 5.41) is 20.0. The van der Waals surface area contributed by atoms with Crippen molar-refractivity contribution in [1.82, 2.24) is 0 Å². The Kier molecular flexibility index (Phi) is 11.2. The number of thiol groups is 2. The summed E-state index contributed by atoms with van der Waals surface area (Å²) in [6.07, 6.45) is 0. The second-order valence-corrected chi connectivity index (χ2v) is 24.4. The van der Waals surface area contributed by atoms with Crippen LogP contribution in [0.5, 0.6) is 0 Å². The second-order valence-electron chi connectivity index (χ2n) is 23.5. The highest BCUT2D eigenvalue weighted by molar-refractivity contribution is 7.83. The van der Waals surface area contributed by atoms with Gasteiger partial charge in [0.05, 0.1) is 0 Å². The van der Waals surface area contributed by atoms with Gasteiger partial charge in [0.15, 0.2) is 0 Å². The van der Waals surface area contributed by atoms with Gasteiger partial charge in [-0.1, -0.05) is 250 Å². The minimum Gasteiger partial charge on any atom is -0.142 e. The van der Waals surface area contributed by atoms with E-state index >= 15 is 0 Å². The average Bonchev–Trinajstić information content (AvgIpc) is 3.54. The molecular formula is C74H62S2. The SMILES string of the molecule is CC(C)(c1cccc2ccccc12)c1c2ccccc2c(C(C)(C)c2cccc3ccccc23)c2cc3c(C(C)(C)c4cccc5ccccc45)c4cc(S)c(S)cc4c(C(C)(C)c4cccc5ccccc45)c3cc12. The van der Waals surface area contributed by atoms with Crippen LogP contribution in [-0.4, -0.2) is 0 Å². The highest BCUT2D eigenvalue weighted by Crippen LogP contribution is 2.55. The largest absolute Gasteiger partial charge is 0.142 e. The molecule has 0 saturated heterocycles. The van der Waals surface area contributed by atoms with Crippen molar-refractivity contribution in [2.24, 2.45) is 0 Å². The van der Waals surface area contributed by atoms with Gasteiger partial charge in [-0.3, -0.25) is 0 Å². The molecule has 0 aromatic heterocycles. The molecule has 13 rings (SSSR count). The zero-order valence-corrected chi connectivity index (χ0v) is 46.5. The van der Waals surface area contributed by atoms with Crippen LogP contribution in [0.1, 0.15) is 99.9 Å². The molecule has 370 valence electrons. The molecule has 0 unspecified atom stereocenters. The van der Waals surface area contributed by atoms with Crippen LogP contribution in [0, 0.1) is 0 Å². The van der Waals surface area contributed by atoms with Crippen molar-refractivity contribution in [3.63, 3.8) is 0 Å². The molecular weight excluding hydrogens is 953 g/mol. The molecule has 13 aromatic carbocycles. The Morgan fingerprint density at radius 2 is 0.408 bits per heavy atom. The van der Waals surface area contributed by atoms with Gasteiger partial charge in [-0.05, 0) is 155 Å². The third-order valence-electron chi connectivity index (χ3n) is 17.7. The van der Waals surface area contributed by atoms with Crippen molar-refractivity contribution in [3.8, 4) is 0 Å². The fourth-order valence-electron chi connectivity index (χ4n) is 14.2. The lowest BCUT2D eigenvalue weighted by Crippen LogP contribution is -2.26. The topological polar surface area (TPSA) is 0 Å². The molecule has 0 aliphatic rings. The number of hydrogen-bond donors (Lipinski definition) is 2. The Morgan fingerprint density at radius 3 is 0.671 bits per heavy atom. The zero-order chi connectivity index (χ0) is 52.5. The van der Waals surface area contributed by atoms with Crippen molar-refractivity contribution in [2.45, 2.75) is 86.8 Å². The van der Waals surface area contributed by atoms with E-state index in [2.05, 4.69) is 274 Å². The van der Waals surface area contributed by atoms with E-state index in [-0.39, 0.29) is 0 Å². The van der Waals surface area contributed by atoms with E-state index < -0.39 is 21.7 Å². The van der Waals surface area contributed by atoms with Crippen LogP contribution in [0.25, 0.3) is 86.2 Å². The molecule has 0 heterocycles. The number of benzene rings is 13. The van der Waals surface area contributed by atoms with Crippen LogP contribution >= 0.6 is 25.3 Å². The Bertz CT molecular complexity index is 4240. The molecule has 0 aliphatic heterocycles. The van der Waals surface area contributed by atoms with Crippen LogP contribution in [0.3, 0.4) is 0 Å². The molecule has 0 spiro atoms. The molecule has 76 heavy (non-hydrogen) atoms. The maximum atomic E-state index is 5.23. The molecule has 0 N–H and O–H groups in total. The lowest BCUT2D eigenvalue weighted by atomic mass is 9.65. The van der Waals surface area contributed by atoms with Crippen LogP contribution in [0.2, 0.25) is 0 Å². The fraction of sp³-hybridized carbons (Fsp3) is 0.162. The highest BCUT2D eigenvalue weighted by atomic mass is 32.1. The Hall–Kier alpha value is -7.36. The first-order valence-electron chi connectivity index (χ1n) is 26.9. The molecule has 0 fully saturated rings. The summed E-state index contributed by atoms with van der Waals surface area (Å²) >= 11 is 10.5. The predicted molar refractivity (Wildman–Crippen MR) is 335 cm³/mol. The summed E-state index contributed by atoms with van der Waals surface area (Å²) in [6, 6.07) is 82.4. The van der Waals surface area contributed by atoms with E-state index in [0.29, 0.717) is 0 Å². The maximum absolute atomic E-state index is 5.23. The van der Waals surface area contributed by atoms with E-state index in [9.17, 15) is 0 Å². The van der Waals surface area contributed by atoms with Gasteiger partial charge in [0.25, 0.3) is 0 Å². The molecule has 0 atom stereocenters. The first-order valence-corrected chi connectivity index (χ1v) is 27.8. The van der Waals surface area contributed by atoms with Gasteiger partial charge in [0.2, 0.25) is 0 Å². The Labute approximate surface area is 458 Å². The monoisotopic (exact) mass is 1010 g/mol. The van der Waals surface area contributed by atoms with Gasteiger partial charge < -0.3 is 0 Å². The number of hydrogen-bond acceptors (Lipinski definition) is 2. The molecule has 0 bridgehead atoms. The molecule has 13 aromatic rings. The number of fused-ring (bicyclic) bond motifs is 8. The highest BCUT2D eigenvalue weighted by Gasteiger charge is 2.39. The summed E-state index contributed by atoms with van der Waals surface area (Å²) in [5.41, 5.74) is 8.52. The summed E-state index contributed by atoms with van der Waals surface area (Å²) in [7, 11) is 0. The molecule has 0 amide bonds. The van der Waals surface area contributed by atoms with Crippen LogP contribution < -0.4 is 0 Å². The average molecular weight is 1020 g/mol. The summed E-state index contributed by atoms with van der Waals surface area (Å²) in [5.74, 6) is 0. The standard InChI is InChI=1S/C74H62S2/c1-71(2,61-37-19-27-45-23-9-13-31-49(45)61)67-53-35-17-18-36-54(53)68(72(3,4)62-38-20-28-46-24-10-14-32-50(46)62)56-42-58-57(41-55(56)67)69(73(5,6)63-39-21-29-47-25-11-15-33-51(47)63)59-43-65(75)66(76)44-60(59)70(58)74(7,8)64-40-22-30-48-26-12-16-34-52(48)64/h9-44,75-76H,1-8H3. The normalized spacial score (nSPS) is 12.9. The van der Waals surface area contributed by atoms with Crippen molar-refractivity contribution < 1.29 is 0 Å². The van der Waals surface area contributed by atoms with Gasteiger partial charge >= 0.3 is 0 Å². The molecule has 2 heteroatoms.